The molecule has 2 nitrogen and oxygen atoms in total. The fourth-order valence-electron chi connectivity index (χ4n) is 1.69. The summed E-state index contributed by atoms with van der Waals surface area (Å²) in [4.78, 5) is 8.86. The zero-order valence-electron chi connectivity index (χ0n) is 9.84. The summed E-state index contributed by atoms with van der Waals surface area (Å²) in [7, 11) is 0. The van der Waals surface area contributed by atoms with E-state index in [1.54, 1.807) is 0 Å². The molecule has 17 heavy (non-hydrogen) atoms. The summed E-state index contributed by atoms with van der Waals surface area (Å²) in [5.74, 6) is 0.910. The standard InChI is InChI=1S/C15H16N2/c1-2-3-5-10-15-16-12-11-14(17-15)13-8-6-4-7-9-13/h2,4,6-9,11-12H,1,3,5,10H2. The fourth-order valence-corrected chi connectivity index (χ4v) is 1.69. The monoisotopic (exact) mass is 224 g/mol. The van der Waals surface area contributed by atoms with Gasteiger partial charge in [0.25, 0.3) is 0 Å². The first-order valence-electron chi connectivity index (χ1n) is 5.88. The molecule has 2 aromatic rings. The van der Waals surface area contributed by atoms with Crippen LogP contribution in [0.1, 0.15) is 18.7 Å². The highest BCUT2D eigenvalue weighted by Gasteiger charge is 2.01. The number of aromatic nitrogens is 2. The summed E-state index contributed by atoms with van der Waals surface area (Å²) >= 11 is 0. The quantitative estimate of drug-likeness (QED) is 0.572. The smallest absolute Gasteiger partial charge is 0.128 e. The van der Waals surface area contributed by atoms with Gasteiger partial charge in [-0.3, -0.25) is 0 Å². The zero-order valence-corrected chi connectivity index (χ0v) is 9.84. The SMILES string of the molecule is C=CCCCc1nccc(-c2ccccc2)n1. The van der Waals surface area contributed by atoms with Crippen molar-refractivity contribution in [1.29, 1.82) is 0 Å². The Labute approximate surface area is 102 Å². The molecule has 0 unspecified atom stereocenters. The number of unbranched alkanes of at least 4 members (excludes halogenated alkanes) is 1. The van der Waals surface area contributed by atoms with Gasteiger partial charge in [-0.25, -0.2) is 9.97 Å². The molecule has 0 aliphatic heterocycles. The van der Waals surface area contributed by atoms with Crippen LogP contribution < -0.4 is 0 Å². The van der Waals surface area contributed by atoms with E-state index in [4.69, 9.17) is 0 Å². The number of rotatable bonds is 5. The van der Waals surface area contributed by atoms with Crippen LogP contribution in [0.15, 0.2) is 55.3 Å². The second-order valence-electron chi connectivity index (χ2n) is 3.91. The Morgan fingerprint density at radius 1 is 1.12 bits per heavy atom. The zero-order chi connectivity index (χ0) is 11.9. The van der Waals surface area contributed by atoms with Gasteiger partial charge < -0.3 is 0 Å². The van der Waals surface area contributed by atoms with Gasteiger partial charge in [0, 0.05) is 18.2 Å². The molecular weight excluding hydrogens is 208 g/mol. The van der Waals surface area contributed by atoms with Crippen LogP contribution in [0.5, 0.6) is 0 Å². The lowest BCUT2D eigenvalue weighted by molar-refractivity contribution is 0.787. The van der Waals surface area contributed by atoms with Gasteiger partial charge in [0.15, 0.2) is 0 Å². The third kappa shape index (κ3) is 3.25. The van der Waals surface area contributed by atoms with Crippen molar-refractivity contribution in [3.05, 3.63) is 61.1 Å². The third-order valence-electron chi connectivity index (χ3n) is 2.58. The predicted molar refractivity (Wildman–Crippen MR) is 70.6 cm³/mol. The number of allylic oxidation sites excluding steroid dienone is 1. The first kappa shape index (κ1) is 11.5. The average Bonchev–Trinajstić information content (AvgIpc) is 2.41. The van der Waals surface area contributed by atoms with Crippen LogP contribution in [0, 0.1) is 0 Å². The van der Waals surface area contributed by atoms with Crippen molar-refractivity contribution >= 4 is 0 Å². The molecule has 0 aliphatic carbocycles. The van der Waals surface area contributed by atoms with Gasteiger partial charge in [0.2, 0.25) is 0 Å². The van der Waals surface area contributed by atoms with Crippen molar-refractivity contribution in [2.45, 2.75) is 19.3 Å². The third-order valence-corrected chi connectivity index (χ3v) is 2.58. The first-order valence-corrected chi connectivity index (χ1v) is 5.88. The van der Waals surface area contributed by atoms with E-state index in [1.807, 2.05) is 36.5 Å². The lowest BCUT2D eigenvalue weighted by Gasteiger charge is -2.03. The van der Waals surface area contributed by atoms with Gasteiger partial charge in [0.1, 0.15) is 5.82 Å². The molecule has 1 aromatic heterocycles. The lowest BCUT2D eigenvalue weighted by atomic mass is 10.1. The number of aryl methyl sites for hydroxylation is 1. The molecule has 2 heteroatoms. The maximum atomic E-state index is 4.57. The molecule has 0 saturated heterocycles. The minimum Gasteiger partial charge on any atom is -0.241 e. The Morgan fingerprint density at radius 3 is 2.71 bits per heavy atom. The molecule has 0 bridgehead atoms. The van der Waals surface area contributed by atoms with Crippen LogP contribution in [-0.4, -0.2) is 9.97 Å². The highest BCUT2D eigenvalue weighted by molar-refractivity contribution is 5.58. The largest absolute Gasteiger partial charge is 0.241 e. The molecule has 1 heterocycles. The Hall–Kier alpha value is -1.96. The van der Waals surface area contributed by atoms with E-state index in [9.17, 15) is 0 Å². The van der Waals surface area contributed by atoms with Crippen molar-refractivity contribution in [2.75, 3.05) is 0 Å². The minimum absolute atomic E-state index is 0.909. The summed E-state index contributed by atoms with van der Waals surface area (Å²) in [6, 6.07) is 12.1. The normalized spacial score (nSPS) is 10.1. The van der Waals surface area contributed by atoms with E-state index in [-0.39, 0.29) is 0 Å². The fraction of sp³-hybridized carbons (Fsp3) is 0.200. The average molecular weight is 224 g/mol. The predicted octanol–water partition coefficient (Wildman–Crippen LogP) is 3.65. The molecule has 1 aromatic carbocycles. The van der Waals surface area contributed by atoms with Crippen molar-refractivity contribution in [1.82, 2.24) is 9.97 Å². The molecule has 0 atom stereocenters. The topological polar surface area (TPSA) is 25.8 Å². The molecule has 86 valence electrons. The Balaban J connectivity index is 2.14. The first-order chi connectivity index (χ1) is 8.40. The molecule has 2 rings (SSSR count). The maximum absolute atomic E-state index is 4.57. The summed E-state index contributed by atoms with van der Waals surface area (Å²) in [5, 5.41) is 0. The van der Waals surface area contributed by atoms with Crippen molar-refractivity contribution in [3.63, 3.8) is 0 Å². The van der Waals surface area contributed by atoms with Gasteiger partial charge in [-0.15, -0.1) is 6.58 Å². The number of nitrogens with zero attached hydrogens (tertiary/aromatic N) is 2. The number of benzene rings is 1. The van der Waals surface area contributed by atoms with Gasteiger partial charge >= 0.3 is 0 Å². The number of hydrogen-bond donors (Lipinski definition) is 0. The molecule has 0 aliphatic rings. The second-order valence-corrected chi connectivity index (χ2v) is 3.91. The van der Waals surface area contributed by atoms with Crippen LogP contribution in [-0.2, 0) is 6.42 Å². The minimum atomic E-state index is 0.909. The second kappa shape index (κ2) is 5.94. The van der Waals surface area contributed by atoms with E-state index in [2.05, 4.69) is 28.7 Å². The highest BCUT2D eigenvalue weighted by Crippen LogP contribution is 2.15. The molecule has 0 saturated carbocycles. The summed E-state index contributed by atoms with van der Waals surface area (Å²) < 4.78 is 0. The Bertz CT molecular complexity index is 477. The Kier molecular flexibility index (Phi) is 4.03. The van der Waals surface area contributed by atoms with E-state index in [0.29, 0.717) is 0 Å². The summed E-state index contributed by atoms with van der Waals surface area (Å²) in [5.41, 5.74) is 2.13. The van der Waals surface area contributed by atoms with E-state index < -0.39 is 0 Å². The van der Waals surface area contributed by atoms with Crippen molar-refractivity contribution in [3.8, 4) is 11.3 Å². The van der Waals surface area contributed by atoms with E-state index in [1.165, 1.54) is 0 Å². The van der Waals surface area contributed by atoms with Crippen LogP contribution in [0.3, 0.4) is 0 Å². The molecule has 0 fully saturated rings. The summed E-state index contributed by atoms with van der Waals surface area (Å²) in [6.45, 7) is 3.72. The van der Waals surface area contributed by atoms with E-state index in [0.717, 1.165) is 36.3 Å². The maximum Gasteiger partial charge on any atom is 0.128 e. The molecule has 0 radical (unpaired) electrons. The molecule has 0 amide bonds. The van der Waals surface area contributed by atoms with Gasteiger partial charge in [0.05, 0.1) is 5.69 Å². The van der Waals surface area contributed by atoms with E-state index >= 15 is 0 Å². The van der Waals surface area contributed by atoms with Crippen LogP contribution >= 0.6 is 0 Å². The lowest BCUT2D eigenvalue weighted by Crippen LogP contribution is -1.96. The molecular formula is C15H16N2. The van der Waals surface area contributed by atoms with Gasteiger partial charge in [-0.2, -0.15) is 0 Å². The number of hydrogen-bond acceptors (Lipinski definition) is 2. The summed E-state index contributed by atoms with van der Waals surface area (Å²) in [6.07, 6.45) is 6.74. The Morgan fingerprint density at radius 2 is 1.94 bits per heavy atom. The van der Waals surface area contributed by atoms with Crippen LogP contribution in [0.2, 0.25) is 0 Å². The highest BCUT2D eigenvalue weighted by atomic mass is 14.9. The van der Waals surface area contributed by atoms with Crippen LogP contribution in [0.4, 0.5) is 0 Å². The van der Waals surface area contributed by atoms with Gasteiger partial charge in [-0.05, 0) is 18.9 Å². The van der Waals surface area contributed by atoms with Crippen molar-refractivity contribution < 1.29 is 0 Å². The molecule has 0 N–H and O–H groups in total. The molecule has 0 spiro atoms. The van der Waals surface area contributed by atoms with Crippen LogP contribution in [0.25, 0.3) is 11.3 Å². The van der Waals surface area contributed by atoms with Gasteiger partial charge in [-0.1, -0.05) is 36.4 Å². The van der Waals surface area contributed by atoms with Crippen molar-refractivity contribution in [2.24, 2.45) is 0 Å².